The van der Waals surface area contributed by atoms with Crippen molar-refractivity contribution >= 4 is 17.5 Å². The third-order valence-corrected chi connectivity index (χ3v) is 5.91. The van der Waals surface area contributed by atoms with Crippen LogP contribution in [0.15, 0.2) is 54.6 Å². The Morgan fingerprint density at radius 1 is 1.00 bits per heavy atom. The molecule has 29 heavy (non-hydrogen) atoms. The molecule has 0 spiro atoms. The van der Waals surface area contributed by atoms with Crippen LogP contribution in [0.4, 0.5) is 5.69 Å². The summed E-state index contributed by atoms with van der Waals surface area (Å²) in [6.07, 6.45) is 0.263. The summed E-state index contributed by atoms with van der Waals surface area (Å²) in [5.74, 6) is 0.519. The molecule has 2 atom stereocenters. The number of benzene rings is 2. The minimum Gasteiger partial charge on any atom is -0.497 e. The molecule has 6 nitrogen and oxygen atoms in total. The lowest BCUT2D eigenvalue weighted by atomic mass is 9.99. The van der Waals surface area contributed by atoms with Gasteiger partial charge < -0.3 is 19.4 Å². The van der Waals surface area contributed by atoms with E-state index < -0.39 is 0 Å². The van der Waals surface area contributed by atoms with Crippen LogP contribution in [0.1, 0.15) is 18.0 Å². The lowest BCUT2D eigenvalue weighted by Crippen LogP contribution is -2.51. The summed E-state index contributed by atoms with van der Waals surface area (Å²) in [6.45, 7) is 2.76. The molecule has 2 aliphatic heterocycles. The summed E-state index contributed by atoms with van der Waals surface area (Å²) in [4.78, 5) is 32.0. The number of likely N-dealkylation sites (N-methyl/N-ethyl adjacent to an activating group) is 1. The number of carbonyl (C=O) groups excluding carboxylic acids is 2. The van der Waals surface area contributed by atoms with Crippen LogP contribution in [0.5, 0.6) is 5.75 Å². The van der Waals surface area contributed by atoms with Crippen LogP contribution in [0.3, 0.4) is 0 Å². The van der Waals surface area contributed by atoms with Crippen molar-refractivity contribution in [2.24, 2.45) is 5.92 Å². The predicted octanol–water partition coefficient (Wildman–Crippen LogP) is 2.56. The number of carbonyl (C=O) groups is 2. The summed E-state index contributed by atoms with van der Waals surface area (Å²) in [6, 6.07) is 17.6. The molecule has 4 rings (SSSR count). The molecule has 2 amide bonds. The van der Waals surface area contributed by atoms with Gasteiger partial charge in [0, 0.05) is 38.3 Å². The number of ether oxygens (including phenoxy) is 1. The molecule has 2 aromatic rings. The molecular weight excluding hydrogens is 366 g/mol. The van der Waals surface area contributed by atoms with Crippen molar-refractivity contribution in [2.75, 3.05) is 45.2 Å². The van der Waals surface area contributed by atoms with Gasteiger partial charge in [-0.25, -0.2) is 0 Å². The highest BCUT2D eigenvalue weighted by molar-refractivity contribution is 6.00. The Morgan fingerprint density at radius 2 is 1.72 bits per heavy atom. The second kappa shape index (κ2) is 8.25. The van der Waals surface area contributed by atoms with Gasteiger partial charge in [-0.15, -0.1) is 0 Å². The van der Waals surface area contributed by atoms with Crippen LogP contribution >= 0.6 is 0 Å². The maximum absolute atomic E-state index is 13.4. The van der Waals surface area contributed by atoms with Gasteiger partial charge in [-0.05, 0) is 36.9 Å². The van der Waals surface area contributed by atoms with E-state index in [1.807, 2.05) is 47.4 Å². The Hall–Kier alpha value is -2.86. The summed E-state index contributed by atoms with van der Waals surface area (Å²) in [7, 11) is 3.70. The predicted molar refractivity (Wildman–Crippen MR) is 112 cm³/mol. The van der Waals surface area contributed by atoms with Crippen molar-refractivity contribution in [3.8, 4) is 5.75 Å². The zero-order chi connectivity index (χ0) is 20.4. The van der Waals surface area contributed by atoms with Gasteiger partial charge in [0.2, 0.25) is 11.8 Å². The topological polar surface area (TPSA) is 53.1 Å². The largest absolute Gasteiger partial charge is 0.497 e. The molecular formula is C23H27N3O3. The Kier molecular flexibility index (Phi) is 5.53. The van der Waals surface area contributed by atoms with Crippen LogP contribution in [0.25, 0.3) is 0 Å². The van der Waals surface area contributed by atoms with E-state index in [0.717, 1.165) is 30.1 Å². The first-order valence-corrected chi connectivity index (χ1v) is 10.0. The molecule has 2 aromatic carbocycles. The van der Waals surface area contributed by atoms with E-state index in [4.69, 9.17) is 4.74 Å². The molecule has 2 aliphatic rings. The van der Waals surface area contributed by atoms with Gasteiger partial charge in [0.25, 0.3) is 0 Å². The normalized spacial score (nSPS) is 22.8. The fourth-order valence-corrected chi connectivity index (χ4v) is 4.26. The number of rotatable bonds is 4. The van der Waals surface area contributed by atoms with Crippen molar-refractivity contribution in [2.45, 2.75) is 12.5 Å². The second-order valence-corrected chi connectivity index (χ2v) is 7.82. The van der Waals surface area contributed by atoms with Gasteiger partial charge in [0.1, 0.15) is 5.75 Å². The van der Waals surface area contributed by atoms with Gasteiger partial charge in [0.05, 0.1) is 19.1 Å². The number of hydrogen-bond acceptors (Lipinski definition) is 4. The van der Waals surface area contributed by atoms with Crippen LogP contribution in [0.2, 0.25) is 0 Å². The Labute approximate surface area is 171 Å². The van der Waals surface area contributed by atoms with Gasteiger partial charge in [-0.3, -0.25) is 9.59 Å². The smallest absolute Gasteiger partial charge is 0.228 e. The first-order chi connectivity index (χ1) is 14.1. The molecule has 0 unspecified atom stereocenters. The average Bonchev–Trinajstić information content (AvgIpc) is 3.15. The van der Waals surface area contributed by atoms with E-state index in [1.165, 1.54) is 0 Å². The Morgan fingerprint density at radius 3 is 2.41 bits per heavy atom. The maximum Gasteiger partial charge on any atom is 0.228 e. The number of methoxy groups -OCH3 is 1. The summed E-state index contributed by atoms with van der Waals surface area (Å²) < 4.78 is 5.19. The molecule has 0 N–H and O–H groups in total. The van der Waals surface area contributed by atoms with Gasteiger partial charge in [0.15, 0.2) is 0 Å². The molecule has 2 heterocycles. The molecule has 2 fully saturated rings. The zero-order valence-corrected chi connectivity index (χ0v) is 17.0. The molecule has 0 radical (unpaired) electrons. The van der Waals surface area contributed by atoms with Crippen molar-refractivity contribution in [3.05, 3.63) is 60.2 Å². The molecule has 0 saturated carbocycles. The molecule has 152 valence electrons. The van der Waals surface area contributed by atoms with E-state index in [0.29, 0.717) is 13.1 Å². The van der Waals surface area contributed by atoms with Crippen LogP contribution in [-0.4, -0.2) is 62.0 Å². The molecule has 2 saturated heterocycles. The second-order valence-electron chi connectivity index (χ2n) is 7.82. The monoisotopic (exact) mass is 393 g/mol. The zero-order valence-electron chi connectivity index (χ0n) is 17.0. The third-order valence-electron chi connectivity index (χ3n) is 5.91. The minimum atomic E-state index is -0.306. The van der Waals surface area contributed by atoms with Crippen molar-refractivity contribution in [1.82, 2.24) is 9.80 Å². The number of amides is 2. The lowest BCUT2D eigenvalue weighted by molar-refractivity contribution is -0.140. The van der Waals surface area contributed by atoms with Crippen molar-refractivity contribution in [1.29, 1.82) is 0 Å². The maximum atomic E-state index is 13.4. The van der Waals surface area contributed by atoms with Gasteiger partial charge >= 0.3 is 0 Å². The molecule has 0 aliphatic carbocycles. The third kappa shape index (κ3) is 3.98. The fraction of sp³-hybridized carbons (Fsp3) is 0.391. The first-order valence-electron chi connectivity index (χ1n) is 10.0. The van der Waals surface area contributed by atoms with Crippen LogP contribution in [0, 0.1) is 5.92 Å². The molecule has 0 aromatic heterocycles. The summed E-state index contributed by atoms with van der Waals surface area (Å²) in [5, 5.41) is 0. The number of hydrogen-bond donors (Lipinski definition) is 0. The van der Waals surface area contributed by atoms with Gasteiger partial charge in [-0.1, -0.05) is 30.3 Å². The standard InChI is InChI=1S/C23H27N3O3/c1-24-12-13-25(21(16-24)17-6-4-3-5-7-17)23(28)18-14-22(27)26(15-18)19-8-10-20(29-2)11-9-19/h3-11,18,21H,12-16H2,1-2H3/t18-,21-/m0/s1. The number of piperazine rings is 1. The number of anilines is 1. The lowest BCUT2D eigenvalue weighted by Gasteiger charge is -2.41. The van der Waals surface area contributed by atoms with Crippen LogP contribution < -0.4 is 9.64 Å². The average molecular weight is 393 g/mol. The minimum absolute atomic E-state index is 0.00101. The van der Waals surface area contributed by atoms with E-state index in [9.17, 15) is 9.59 Å². The fourth-order valence-electron chi connectivity index (χ4n) is 4.26. The van der Waals surface area contributed by atoms with E-state index in [2.05, 4.69) is 24.1 Å². The van der Waals surface area contributed by atoms with E-state index >= 15 is 0 Å². The van der Waals surface area contributed by atoms with Crippen LogP contribution in [-0.2, 0) is 9.59 Å². The summed E-state index contributed by atoms with van der Waals surface area (Å²) >= 11 is 0. The highest BCUT2D eigenvalue weighted by Crippen LogP contribution is 2.31. The highest BCUT2D eigenvalue weighted by Gasteiger charge is 2.40. The van der Waals surface area contributed by atoms with Crippen molar-refractivity contribution in [3.63, 3.8) is 0 Å². The van der Waals surface area contributed by atoms with E-state index in [-0.39, 0.29) is 30.2 Å². The quantitative estimate of drug-likeness (QED) is 0.801. The molecule has 0 bridgehead atoms. The highest BCUT2D eigenvalue weighted by atomic mass is 16.5. The number of nitrogens with zero attached hydrogens (tertiary/aromatic N) is 3. The Balaban J connectivity index is 1.51. The van der Waals surface area contributed by atoms with Crippen molar-refractivity contribution < 1.29 is 14.3 Å². The van der Waals surface area contributed by atoms with E-state index in [1.54, 1.807) is 12.0 Å². The van der Waals surface area contributed by atoms with Gasteiger partial charge in [-0.2, -0.15) is 0 Å². The summed E-state index contributed by atoms with van der Waals surface area (Å²) in [5.41, 5.74) is 1.95. The molecule has 6 heteroatoms. The first kappa shape index (κ1) is 19.5. The Bertz CT molecular complexity index is 869. The SMILES string of the molecule is COc1ccc(N2C[C@@H](C(=O)N3CCN(C)C[C@H]3c3ccccc3)CC2=O)cc1.